The Morgan fingerprint density at radius 3 is 2.73 bits per heavy atom. The first-order chi connectivity index (χ1) is 10.5. The summed E-state index contributed by atoms with van der Waals surface area (Å²) < 4.78 is 6.48. The van der Waals surface area contributed by atoms with Gasteiger partial charge in [-0.15, -0.1) is 0 Å². The molecule has 0 radical (unpaired) electrons. The van der Waals surface area contributed by atoms with Crippen LogP contribution in [0.3, 0.4) is 0 Å². The molecule has 1 heterocycles. The molecule has 0 aliphatic heterocycles. The largest absolute Gasteiger partial charge is 0.478 e. The Balaban J connectivity index is 2.26. The number of aromatic carboxylic acids is 1. The minimum Gasteiger partial charge on any atom is -0.478 e. The Bertz CT molecular complexity index is 919. The van der Waals surface area contributed by atoms with Gasteiger partial charge in [0.1, 0.15) is 11.1 Å². The van der Waals surface area contributed by atoms with Gasteiger partial charge in [0, 0.05) is 21.3 Å². The van der Waals surface area contributed by atoms with Crippen molar-refractivity contribution in [3.8, 4) is 11.5 Å². The zero-order chi connectivity index (χ0) is 15.9. The number of hydrogen-bond acceptors (Lipinski definition) is 5. The van der Waals surface area contributed by atoms with Crippen LogP contribution in [-0.4, -0.2) is 21.0 Å². The second kappa shape index (κ2) is 5.37. The molecule has 22 heavy (non-hydrogen) atoms. The molecule has 0 aliphatic carbocycles. The molecule has 0 saturated carbocycles. The molecule has 1 aromatic heterocycles. The number of carbonyl (C=O) groups is 1. The third-order valence-electron chi connectivity index (χ3n) is 2.99. The van der Waals surface area contributed by atoms with Crippen molar-refractivity contribution in [2.24, 2.45) is 0 Å². The molecule has 0 fully saturated rings. The SMILES string of the molecule is O=C(O)c1cc([N+](=O)[O-])cc2nc(-c3cccc(I)c3)oc12. The van der Waals surface area contributed by atoms with Gasteiger partial charge in [-0.05, 0) is 40.8 Å². The van der Waals surface area contributed by atoms with Crippen molar-refractivity contribution in [1.29, 1.82) is 0 Å². The summed E-state index contributed by atoms with van der Waals surface area (Å²) in [5, 5.41) is 20.1. The van der Waals surface area contributed by atoms with E-state index >= 15 is 0 Å². The smallest absolute Gasteiger partial charge is 0.339 e. The lowest BCUT2D eigenvalue weighted by Crippen LogP contribution is -1.99. The number of oxazole rings is 1. The van der Waals surface area contributed by atoms with Crippen molar-refractivity contribution in [2.75, 3.05) is 0 Å². The molecule has 0 aliphatic rings. The van der Waals surface area contributed by atoms with Gasteiger partial charge in [0.15, 0.2) is 5.58 Å². The van der Waals surface area contributed by atoms with Gasteiger partial charge in [-0.3, -0.25) is 10.1 Å². The van der Waals surface area contributed by atoms with Gasteiger partial charge in [0.05, 0.1) is 4.92 Å². The summed E-state index contributed by atoms with van der Waals surface area (Å²) in [6.07, 6.45) is 0. The molecular formula is C14H7IN2O5. The Kier molecular flexibility index (Phi) is 3.53. The highest BCUT2D eigenvalue weighted by atomic mass is 127. The van der Waals surface area contributed by atoms with Crippen molar-refractivity contribution >= 4 is 45.3 Å². The van der Waals surface area contributed by atoms with E-state index in [-0.39, 0.29) is 28.2 Å². The van der Waals surface area contributed by atoms with E-state index < -0.39 is 10.9 Å². The first-order valence-electron chi connectivity index (χ1n) is 6.04. The average Bonchev–Trinajstić information content (AvgIpc) is 2.89. The normalized spacial score (nSPS) is 10.8. The number of benzene rings is 2. The van der Waals surface area contributed by atoms with Crippen molar-refractivity contribution in [1.82, 2.24) is 4.98 Å². The van der Waals surface area contributed by atoms with E-state index in [2.05, 4.69) is 27.6 Å². The van der Waals surface area contributed by atoms with Crippen LogP contribution in [0.1, 0.15) is 10.4 Å². The summed E-state index contributed by atoms with van der Waals surface area (Å²) in [6, 6.07) is 9.45. The van der Waals surface area contributed by atoms with Crippen molar-refractivity contribution < 1.29 is 19.2 Å². The number of non-ortho nitro benzene ring substituents is 1. The van der Waals surface area contributed by atoms with Crippen LogP contribution in [0.5, 0.6) is 0 Å². The van der Waals surface area contributed by atoms with Crippen LogP contribution < -0.4 is 0 Å². The van der Waals surface area contributed by atoms with Crippen LogP contribution in [0.15, 0.2) is 40.8 Å². The predicted octanol–water partition coefficient (Wildman–Crippen LogP) is 3.71. The second-order valence-corrected chi connectivity index (χ2v) is 5.68. The highest BCUT2D eigenvalue weighted by Crippen LogP contribution is 2.30. The van der Waals surface area contributed by atoms with Crippen LogP contribution in [0.25, 0.3) is 22.6 Å². The zero-order valence-electron chi connectivity index (χ0n) is 10.8. The monoisotopic (exact) mass is 410 g/mol. The number of halogens is 1. The zero-order valence-corrected chi connectivity index (χ0v) is 13.0. The summed E-state index contributed by atoms with van der Waals surface area (Å²) in [4.78, 5) is 25.7. The van der Waals surface area contributed by atoms with Gasteiger partial charge >= 0.3 is 5.97 Å². The van der Waals surface area contributed by atoms with Gasteiger partial charge in [0.2, 0.25) is 5.89 Å². The lowest BCUT2D eigenvalue weighted by molar-refractivity contribution is -0.384. The molecule has 3 aromatic rings. The van der Waals surface area contributed by atoms with E-state index in [1.54, 1.807) is 6.07 Å². The molecule has 7 nitrogen and oxygen atoms in total. The Hall–Kier alpha value is -2.49. The number of aromatic nitrogens is 1. The minimum absolute atomic E-state index is 0.0203. The molecule has 8 heteroatoms. The molecular weight excluding hydrogens is 403 g/mol. The maximum atomic E-state index is 11.3. The maximum Gasteiger partial charge on any atom is 0.339 e. The summed E-state index contributed by atoms with van der Waals surface area (Å²) in [5.74, 6) is -1.09. The Morgan fingerprint density at radius 1 is 1.32 bits per heavy atom. The number of nitro groups is 1. The van der Waals surface area contributed by atoms with Crippen LogP contribution >= 0.6 is 22.6 Å². The molecule has 0 atom stereocenters. The fourth-order valence-electron chi connectivity index (χ4n) is 2.03. The van der Waals surface area contributed by atoms with E-state index in [1.807, 2.05) is 18.2 Å². The summed E-state index contributed by atoms with van der Waals surface area (Å²) in [7, 11) is 0. The van der Waals surface area contributed by atoms with Gasteiger partial charge in [0.25, 0.3) is 5.69 Å². The molecule has 0 bridgehead atoms. The quantitative estimate of drug-likeness (QED) is 0.401. The Morgan fingerprint density at radius 2 is 2.09 bits per heavy atom. The van der Waals surface area contributed by atoms with E-state index in [1.165, 1.54) is 6.07 Å². The lowest BCUT2D eigenvalue weighted by Gasteiger charge is -1.96. The van der Waals surface area contributed by atoms with Gasteiger partial charge in [-0.2, -0.15) is 0 Å². The minimum atomic E-state index is -1.31. The predicted molar refractivity (Wildman–Crippen MR) is 85.8 cm³/mol. The highest BCUT2D eigenvalue weighted by molar-refractivity contribution is 14.1. The van der Waals surface area contributed by atoms with Gasteiger partial charge in [-0.1, -0.05) is 6.07 Å². The van der Waals surface area contributed by atoms with Crippen LogP contribution in [0, 0.1) is 13.7 Å². The van der Waals surface area contributed by atoms with Crippen molar-refractivity contribution in [3.05, 3.63) is 55.6 Å². The number of fused-ring (bicyclic) bond motifs is 1. The lowest BCUT2D eigenvalue weighted by atomic mass is 10.2. The van der Waals surface area contributed by atoms with Gasteiger partial charge in [-0.25, -0.2) is 9.78 Å². The number of rotatable bonds is 3. The molecule has 0 unspecified atom stereocenters. The Labute approximate surface area is 136 Å². The van der Waals surface area contributed by atoms with Crippen molar-refractivity contribution in [3.63, 3.8) is 0 Å². The average molecular weight is 410 g/mol. The highest BCUT2D eigenvalue weighted by Gasteiger charge is 2.21. The standard InChI is InChI=1S/C14H7IN2O5/c15-8-3-1-2-7(4-8)13-16-11-6-9(17(20)21)5-10(14(18)19)12(11)22-13/h1-6H,(H,18,19). The van der Waals surface area contributed by atoms with E-state index in [4.69, 9.17) is 4.42 Å². The number of carboxylic acids is 1. The summed E-state index contributed by atoms with van der Waals surface area (Å²) >= 11 is 2.13. The molecule has 0 spiro atoms. The molecule has 0 amide bonds. The number of nitro benzene ring substituents is 1. The number of hydrogen-bond donors (Lipinski definition) is 1. The van der Waals surface area contributed by atoms with Gasteiger partial charge < -0.3 is 9.52 Å². The summed E-state index contributed by atoms with van der Waals surface area (Å²) in [5.41, 5.74) is 0.204. The van der Waals surface area contributed by atoms with Crippen molar-refractivity contribution in [2.45, 2.75) is 0 Å². The first kappa shape index (κ1) is 14.4. The topological polar surface area (TPSA) is 106 Å². The molecule has 1 N–H and O–H groups in total. The molecule has 0 saturated heterocycles. The van der Waals surface area contributed by atoms with E-state index in [0.717, 1.165) is 9.64 Å². The summed E-state index contributed by atoms with van der Waals surface area (Å²) in [6.45, 7) is 0. The van der Waals surface area contributed by atoms with Crippen LogP contribution in [0.4, 0.5) is 5.69 Å². The second-order valence-electron chi connectivity index (χ2n) is 4.43. The molecule has 110 valence electrons. The van der Waals surface area contributed by atoms with Crippen LogP contribution in [-0.2, 0) is 0 Å². The van der Waals surface area contributed by atoms with E-state index in [0.29, 0.717) is 5.56 Å². The fraction of sp³-hybridized carbons (Fsp3) is 0. The van der Waals surface area contributed by atoms with E-state index in [9.17, 15) is 20.0 Å². The number of nitrogens with zero attached hydrogens (tertiary/aromatic N) is 2. The third kappa shape index (κ3) is 2.52. The first-order valence-corrected chi connectivity index (χ1v) is 7.12. The maximum absolute atomic E-state index is 11.3. The fourth-order valence-corrected chi connectivity index (χ4v) is 2.57. The van der Waals surface area contributed by atoms with Crippen LogP contribution in [0.2, 0.25) is 0 Å². The number of carboxylic acid groups (broad SMARTS) is 1. The molecule has 3 rings (SSSR count). The third-order valence-corrected chi connectivity index (χ3v) is 3.66. The molecule has 2 aromatic carbocycles.